The summed E-state index contributed by atoms with van der Waals surface area (Å²) in [5.41, 5.74) is 0.324. The molecule has 1 aromatic rings. The molecule has 0 aliphatic heterocycles. The Labute approximate surface area is 196 Å². The maximum atomic E-state index is 13.0. The van der Waals surface area contributed by atoms with Crippen molar-refractivity contribution in [1.29, 1.82) is 0 Å². The zero-order valence-corrected chi connectivity index (χ0v) is 19.8. The molecule has 0 saturated heterocycles. The van der Waals surface area contributed by atoms with E-state index in [4.69, 9.17) is 4.74 Å². The van der Waals surface area contributed by atoms with Gasteiger partial charge in [0.1, 0.15) is 12.2 Å². The number of aliphatic carboxylic acids is 1. The first-order valence-electron chi connectivity index (χ1n) is 11.7. The van der Waals surface area contributed by atoms with E-state index in [0.717, 1.165) is 18.4 Å². The summed E-state index contributed by atoms with van der Waals surface area (Å²) in [5, 5.41) is 30.8. The molecule has 1 aromatic carbocycles. The molecule has 2 fully saturated rings. The number of aliphatic hydroxyl groups is 2. The van der Waals surface area contributed by atoms with Gasteiger partial charge >= 0.3 is 11.9 Å². The van der Waals surface area contributed by atoms with Crippen LogP contribution in [0.5, 0.6) is 0 Å². The van der Waals surface area contributed by atoms with Crippen LogP contribution in [0.2, 0.25) is 0 Å². The maximum Gasteiger partial charge on any atom is 0.338 e. The predicted molar refractivity (Wildman–Crippen MR) is 126 cm³/mol. The fourth-order valence-electron chi connectivity index (χ4n) is 6.31. The molecule has 6 nitrogen and oxygen atoms in total. The van der Waals surface area contributed by atoms with Crippen molar-refractivity contribution < 1.29 is 29.6 Å². The molecular formula is C27H36O6. The van der Waals surface area contributed by atoms with Crippen LogP contribution in [-0.4, -0.2) is 46.1 Å². The molecule has 0 spiro atoms. The van der Waals surface area contributed by atoms with Gasteiger partial charge in [0.25, 0.3) is 0 Å². The summed E-state index contributed by atoms with van der Waals surface area (Å²) in [4.78, 5) is 25.5. The third kappa shape index (κ3) is 4.64. The first-order chi connectivity index (χ1) is 15.6. The second-order valence-corrected chi connectivity index (χ2v) is 10.1. The lowest BCUT2D eigenvalue weighted by Gasteiger charge is -2.60. The van der Waals surface area contributed by atoms with Crippen molar-refractivity contribution >= 4 is 11.9 Å². The molecular weight excluding hydrogens is 420 g/mol. The quantitative estimate of drug-likeness (QED) is 0.416. The van der Waals surface area contributed by atoms with Crippen molar-refractivity contribution in [3.8, 4) is 0 Å². The van der Waals surface area contributed by atoms with E-state index in [0.29, 0.717) is 30.4 Å². The predicted octanol–water partition coefficient (Wildman–Crippen LogP) is 4.38. The molecule has 0 heterocycles. The van der Waals surface area contributed by atoms with Gasteiger partial charge in [-0.05, 0) is 68.6 Å². The standard InChI is InChI=1S/C27H36O6/c1-17(13-16-28)11-12-20-18(2)21(29)22(33-24(30)19-9-6-5-7-10-19)23-26(20,3)14-8-15-27(23,4)25(31)32/h5-7,9-10,13,20-23,28-29H,2,8,11-12,14-16H2,1,3-4H3,(H,31,32)/b17-13-. The van der Waals surface area contributed by atoms with Gasteiger partial charge in [-0.2, -0.15) is 0 Å². The van der Waals surface area contributed by atoms with Gasteiger partial charge in [0.2, 0.25) is 0 Å². The van der Waals surface area contributed by atoms with E-state index in [2.05, 4.69) is 13.5 Å². The lowest BCUT2D eigenvalue weighted by molar-refractivity contribution is -0.190. The van der Waals surface area contributed by atoms with Crippen LogP contribution in [0.3, 0.4) is 0 Å². The van der Waals surface area contributed by atoms with Gasteiger partial charge < -0.3 is 20.1 Å². The molecule has 6 heteroatoms. The molecule has 3 rings (SSSR count). The molecule has 180 valence electrons. The SMILES string of the molecule is C=C1C(O)C(OC(=O)c2ccccc2)C2C(C)(C(=O)O)CCCC2(C)C1CC/C(C)=C\CO. The Morgan fingerprint density at radius 3 is 2.48 bits per heavy atom. The normalized spacial score (nSPS) is 34.5. The van der Waals surface area contributed by atoms with Crippen LogP contribution < -0.4 is 0 Å². The van der Waals surface area contributed by atoms with Gasteiger partial charge in [0.15, 0.2) is 0 Å². The molecule has 6 unspecified atom stereocenters. The second kappa shape index (κ2) is 9.82. The van der Waals surface area contributed by atoms with Gasteiger partial charge in [0.05, 0.1) is 17.6 Å². The molecule has 33 heavy (non-hydrogen) atoms. The van der Waals surface area contributed by atoms with E-state index >= 15 is 0 Å². The summed E-state index contributed by atoms with van der Waals surface area (Å²) < 4.78 is 5.90. The smallest absolute Gasteiger partial charge is 0.338 e. The molecule has 2 aliphatic rings. The molecule has 0 radical (unpaired) electrons. The van der Waals surface area contributed by atoms with Crippen molar-refractivity contribution in [2.45, 2.75) is 65.1 Å². The van der Waals surface area contributed by atoms with Crippen LogP contribution in [0.15, 0.2) is 54.1 Å². The average molecular weight is 457 g/mol. The lowest BCUT2D eigenvalue weighted by Crippen LogP contribution is -2.63. The topological polar surface area (TPSA) is 104 Å². The van der Waals surface area contributed by atoms with Crippen LogP contribution >= 0.6 is 0 Å². The highest BCUT2D eigenvalue weighted by Gasteiger charge is 2.64. The molecule has 3 N–H and O–H groups in total. The Balaban J connectivity index is 2.02. The molecule has 0 aromatic heterocycles. The zero-order valence-electron chi connectivity index (χ0n) is 19.8. The van der Waals surface area contributed by atoms with E-state index in [-0.39, 0.29) is 12.5 Å². The zero-order chi connectivity index (χ0) is 24.4. The first-order valence-corrected chi connectivity index (χ1v) is 11.7. The Morgan fingerprint density at radius 2 is 1.88 bits per heavy atom. The second-order valence-electron chi connectivity index (χ2n) is 10.1. The number of ether oxygens (including phenoxy) is 1. The average Bonchev–Trinajstić information content (AvgIpc) is 2.77. The number of esters is 1. The Hall–Kier alpha value is -2.44. The van der Waals surface area contributed by atoms with Gasteiger partial charge in [0, 0.05) is 5.92 Å². The Morgan fingerprint density at radius 1 is 1.21 bits per heavy atom. The van der Waals surface area contributed by atoms with Crippen LogP contribution in [0, 0.1) is 22.7 Å². The van der Waals surface area contributed by atoms with Crippen molar-refractivity contribution in [3.05, 3.63) is 59.7 Å². The third-order valence-corrected chi connectivity index (χ3v) is 8.08. The largest absolute Gasteiger partial charge is 0.481 e. The molecule has 2 saturated carbocycles. The summed E-state index contributed by atoms with van der Waals surface area (Å²) >= 11 is 0. The van der Waals surface area contributed by atoms with Gasteiger partial charge in [-0.15, -0.1) is 0 Å². The highest BCUT2D eigenvalue weighted by molar-refractivity contribution is 5.89. The Bertz CT molecular complexity index is 922. The molecule has 2 aliphatic carbocycles. The summed E-state index contributed by atoms with van der Waals surface area (Å²) in [6.45, 7) is 9.90. The number of fused-ring (bicyclic) bond motifs is 1. The number of carboxylic acid groups (broad SMARTS) is 1. The van der Waals surface area contributed by atoms with Gasteiger partial charge in [-0.1, -0.05) is 49.8 Å². The summed E-state index contributed by atoms with van der Waals surface area (Å²) in [6.07, 6.45) is 2.95. The third-order valence-electron chi connectivity index (χ3n) is 8.08. The minimum Gasteiger partial charge on any atom is -0.481 e. The number of aliphatic hydroxyl groups excluding tert-OH is 2. The summed E-state index contributed by atoms with van der Waals surface area (Å²) in [5.74, 6) is -2.22. The molecule has 0 amide bonds. The highest BCUT2D eigenvalue weighted by atomic mass is 16.6. The van der Waals surface area contributed by atoms with Crippen LogP contribution in [0.1, 0.15) is 63.2 Å². The fourth-order valence-corrected chi connectivity index (χ4v) is 6.31. The first kappa shape index (κ1) is 25.2. The lowest BCUT2D eigenvalue weighted by atomic mass is 9.45. The van der Waals surface area contributed by atoms with Crippen LogP contribution in [-0.2, 0) is 9.53 Å². The van der Waals surface area contributed by atoms with E-state index in [1.54, 1.807) is 43.3 Å². The number of carbonyl (C=O) groups is 2. The monoisotopic (exact) mass is 456 g/mol. The van der Waals surface area contributed by atoms with Crippen molar-refractivity contribution in [1.82, 2.24) is 0 Å². The van der Waals surface area contributed by atoms with Crippen molar-refractivity contribution in [2.24, 2.45) is 22.7 Å². The number of hydrogen-bond acceptors (Lipinski definition) is 5. The van der Waals surface area contributed by atoms with Gasteiger partial charge in [-0.3, -0.25) is 4.79 Å². The summed E-state index contributed by atoms with van der Waals surface area (Å²) in [6, 6.07) is 8.55. The number of allylic oxidation sites excluding steroid dienone is 1. The van der Waals surface area contributed by atoms with Crippen LogP contribution in [0.25, 0.3) is 0 Å². The minimum absolute atomic E-state index is 0.0332. The van der Waals surface area contributed by atoms with Crippen molar-refractivity contribution in [3.63, 3.8) is 0 Å². The number of hydrogen-bond donors (Lipinski definition) is 3. The fraction of sp³-hybridized carbons (Fsp3) is 0.556. The number of benzene rings is 1. The highest BCUT2D eigenvalue weighted by Crippen LogP contribution is 2.62. The minimum atomic E-state index is -1.15. The number of carbonyl (C=O) groups excluding carboxylic acids is 1. The summed E-state index contributed by atoms with van der Waals surface area (Å²) in [7, 11) is 0. The van der Waals surface area contributed by atoms with E-state index in [1.807, 2.05) is 6.92 Å². The van der Waals surface area contributed by atoms with E-state index in [9.17, 15) is 24.9 Å². The van der Waals surface area contributed by atoms with Gasteiger partial charge in [-0.25, -0.2) is 4.79 Å². The van der Waals surface area contributed by atoms with Crippen molar-refractivity contribution in [2.75, 3.05) is 6.61 Å². The van der Waals surface area contributed by atoms with Crippen LogP contribution in [0.4, 0.5) is 0 Å². The molecule has 6 atom stereocenters. The van der Waals surface area contributed by atoms with E-state index < -0.39 is 40.9 Å². The number of rotatable bonds is 7. The number of carboxylic acids is 1. The Kier molecular flexibility index (Phi) is 7.49. The maximum absolute atomic E-state index is 13.0. The molecule has 0 bridgehead atoms. The van der Waals surface area contributed by atoms with E-state index in [1.165, 1.54) is 0 Å².